The number of aromatic nitrogens is 2. The smallest absolute Gasteiger partial charge is 0.258 e. The first-order valence-corrected chi connectivity index (χ1v) is 7.14. The van der Waals surface area contributed by atoms with Gasteiger partial charge in [-0.15, -0.1) is 0 Å². The van der Waals surface area contributed by atoms with Crippen molar-refractivity contribution in [3.05, 3.63) is 29.6 Å². The minimum Gasteiger partial charge on any atom is -0.493 e. The molecule has 20 heavy (non-hydrogen) atoms. The number of hydrogen-bond donors (Lipinski definition) is 1. The van der Waals surface area contributed by atoms with Gasteiger partial charge in [-0.2, -0.15) is 4.98 Å². The van der Waals surface area contributed by atoms with E-state index >= 15 is 0 Å². The fourth-order valence-electron chi connectivity index (χ4n) is 3.09. The predicted octanol–water partition coefficient (Wildman–Crippen LogP) is 2.40. The molecular weight excluding hydrogens is 254 g/mol. The van der Waals surface area contributed by atoms with Crippen molar-refractivity contribution in [3.63, 3.8) is 0 Å². The maximum Gasteiger partial charge on any atom is 0.258 e. The molecular formula is C15H17N3O2. The third-order valence-corrected chi connectivity index (χ3v) is 4.30. The van der Waals surface area contributed by atoms with Crippen LogP contribution in [0.4, 0.5) is 0 Å². The molecule has 1 aliphatic carbocycles. The van der Waals surface area contributed by atoms with Gasteiger partial charge in [-0.25, -0.2) is 0 Å². The monoisotopic (exact) mass is 271 g/mol. The fraction of sp³-hybridized carbons (Fsp3) is 0.467. The summed E-state index contributed by atoms with van der Waals surface area (Å²) in [5.41, 5.74) is 8.09. The summed E-state index contributed by atoms with van der Waals surface area (Å²) in [5, 5.41) is 4.10. The van der Waals surface area contributed by atoms with E-state index in [4.69, 9.17) is 15.0 Å². The van der Waals surface area contributed by atoms with Crippen LogP contribution >= 0.6 is 0 Å². The van der Waals surface area contributed by atoms with E-state index in [1.54, 1.807) is 0 Å². The van der Waals surface area contributed by atoms with Crippen molar-refractivity contribution in [1.29, 1.82) is 0 Å². The zero-order chi connectivity index (χ0) is 13.6. The summed E-state index contributed by atoms with van der Waals surface area (Å²) in [6, 6.07) is 5.99. The second kappa shape index (κ2) is 4.31. The van der Waals surface area contributed by atoms with Gasteiger partial charge in [0.25, 0.3) is 5.89 Å². The Morgan fingerprint density at radius 2 is 2.05 bits per heavy atom. The Labute approximate surface area is 117 Å². The van der Waals surface area contributed by atoms with Crippen LogP contribution in [-0.4, -0.2) is 16.7 Å². The lowest BCUT2D eigenvalue weighted by molar-refractivity contribution is 0.357. The van der Waals surface area contributed by atoms with Gasteiger partial charge in [0.1, 0.15) is 5.75 Å². The first-order chi connectivity index (χ1) is 9.74. The molecule has 0 spiro atoms. The van der Waals surface area contributed by atoms with E-state index in [1.165, 1.54) is 5.56 Å². The maximum absolute atomic E-state index is 6.36. The van der Waals surface area contributed by atoms with Gasteiger partial charge in [0, 0.05) is 12.0 Å². The van der Waals surface area contributed by atoms with Crippen LogP contribution in [-0.2, 0) is 12.0 Å². The number of nitrogens with zero attached hydrogens (tertiary/aromatic N) is 2. The van der Waals surface area contributed by atoms with Crippen molar-refractivity contribution < 1.29 is 9.26 Å². The second-order valence-electron chi connectivity index (χ2n) is 5.71. The molecule has 2 heterocycles. The molecule has 2 N–H and O–H groups in total. The molecule has 0 atom stereocenters. The highest BCUT2D eigenvalue weighted by molar-refractivity contribution is 5.58. The second-order valence-corrected chi connectivity index (χ2v) is 5.71. The molecule has 0 radical (unpaired) electrons. The molecule has 0 bridgehead atoms. The van der Waals surface area contributed by atoms with E-state index in [0.717, 1.165) is 50.0 Å². The molecule has 0 saturated heterocycles. The van der Waals surface area contributed by atoms with Crippen LogP contribution in [0, 0.1) is 0 Å². The lowest BCUT2D eigenvalue weighted by Crippen LogP contribution is -2.34. The summed E-state index contributed by atoms with van der Waals surface area (Å²) in [6.07, 6.45) is 5.08. The number of rotatable bonds is 2. The van der Waals surface area contributed by atoms with E-state index in [2.05, 4.69) is 16.2 Å². The normalized spacial score (nSPS) is 19.9. The lowest BCUT2D eigenvalue weighted by Gasteiger charge is -2.17. The Morgan fingerprint density at radius 3 is 2.90 bits per heavy atom. The Hall–Kier alpha value is -1.88. The van der Waals surface area contributed by atoms with E-state index in [-0.39, 0.29) is 0 Å². The molecule has 104 valence electrons. The Balaban J connectivity index is 1.68. The molecule has 2 aliphatic rings. The van der Waals surface area contributed by atoms with Crippen molar-refractivity contribution in [1.82, 2.24) is 10.1 Å². The molecule has 1 aromatic heterocycles. The number of fused-ring (bicyclic) bond motifs is 1. The molecule has 0 amide bonds. The van der Waals surface area contributed by atoms with Gasteiger partial charge in [-0.05, 0) is 36.6 Å². The third-order valence-electron chi connectivity index (χ3n) is 4.30. The van der Waals surface area contributed by atoms with Gasteiger partial charge in [0.15, 0.2) is 5.82 Å². The molecule has 0 unspecified atom stereocenters. The summed E-state index contributed by atoms with van der Waals surface area (Å²) in [6.45, 7) is 0.750. The molecule has 2 aromatic rings. The van der Waals surface area contributed by atoms with Gasteiger partial charge in [0.05, 0.1) is 12.1 Å². The zero-order valence-electron chi connectivity index (χ0n) is 11.3. The van der Waals surface area contributed by atoms with Crippen molar-refractivity contribution in [2.24, 2.45) is 5.73 Å². The Morgan fingerprint density at radius 1 is 1.20 bits per heavy atom. The SMILES string of the molecule is NC1(c2noc(-c3ccc4c(c3)CCO4)n2)CCCC1. The number of hydrogen-bond acceptors (Lipinski definition) is 5. The van der Waals surface area contributed by atoms with Crippen LogP contribution in [0.5, 0.6) is 5.75 Å². The number of benzene rings is 1. The van der Waals surface area contributed by atoms with Crippen LogP contribution in [0.3, 0.4) is 0 Å². The summed E-state index contributed by atoms with van der Waals surface area (Å²) in [5.74, 6) is 2.15. The molecule has 1 aromatic carbocycles. The quantitative estimate of drug-likeness (QED) is 0.907. The predicted molar refractivity (Wildman–Crippen MR) is 73.3 cm³/mol. The van der Waals surface area contributed by atoms with Crippen molar-refractivity contribution in [3.8, 4) is 17.2 Å². The van der Waals surface area contributed by atoms with E-state index in [1.807, 2.05) is 12.1 Å². The van der Waals surface area contributed by atoms with Gasteiger partial charge in [-0.3, -0.25) is 0 Å². The van der Waals surface area contributed by atoms with Crippen LogP contribution < -0.4 is 10.5 Å². The minimum absolute atomic E-state index is 0.401. The standard InChI is InChI=1S/C15H17N3O2/c16-15(6-1-2-7-15)14-17-13(20-18-14)11-3-4-12-10(9-11)5-8-19-12/h3-4,9H,1-2,5-8,16H2. The Kier molecular flexibility index (Phi) is 2.57. The number of ether oxygens (including phenoxy) is 1. The van der Waals surface area contributed by atoms with Crippen LogP contribution in [0.1, 0.15) is 37.1 Å². The molecule has 5 heteroatoms. The average molecular weight is 271 g/mol. The van der Waals surface area contributed by atoms with E-state index in [0.29, 0.717) is 11.7 Å². The lowest BCUT2D eigenvalue weighted by atomic mass is 9.98. The van der Waals surface area contributed by atoms with Gasteiger partial charge < -0.3 is 15.0 Å². The van der Waals surface area contributed by atoms with Gasteiger partial charge in [0.2, 0.25) is 0 Å². The van der Waals surface area contributed by atoms with Crippen LogP contribution in [0.25, 0.3) is 11.5 Å². The van der Waals surface area contributed by atoms with Crippen molar-refractivity contribution in [2.45, 2.75) is 37.6 Å². The van der Waals surface area contributed by atoms with E-state index < -0.39 is 5.54 Å². The van der Waals surface area contributed by atoms with Crippen LogP contribution in [0.2, 0.25) is 0 Å². The average Bonchev–Trinajstić information content (AvgIpc) is 3.18. The highest BCUT2D eigenvalue weighted by Gasteiger charge is 2.36. The summed E-state index contributed by atoms with van der Waals surface area (Å²) >= 11 is 0. The maximum atomic E-state index is 6.36. The molecule has 1 saturated carbocycles. The third kappa shape index (κ3) is 1.81. The molecule has 1 fully saturated rings. The zero-order valence-corrected chi connectivity index (χ0v) is 11.3. The van der Waals surface area contributed by atoms with Crippen LogP contribution in [0.15, 0.2) is 22.7 Å². The van der Waals surface area contributed by atoms with Gasteiger partial charge >= 0.3 is 0 Å². The topological polar surface area (TPSA) is 74.2 Å². The largest absolute Gasteiger partial charge is 0.493 e. The first kappa shape index (κ1) is 11.9. The summed E-state index contributed by atoms with van der Waals surface area (Å²) in [7, 11) is 0. The summed E-state index contributed by atoms with van der Waals surface area (Å²) < 4.78 is 10.9. The van der Waals surface area contributed by atoms with Gasteiger partial charge in [-0.1, -0.05) is 18.0 Å². The molecule has 4 rings (SSSR count). The molecule has 1 aliphatic heterocycles. The van der Waals surface area contributed by atoms with Crippen molar-refractivity contribution in [2.75, 3.05) is 6.61 Å². The van der Waals surface area contributed by atoms with E-state index in [9.17, 15) is 0 Å². The fourth-order valence-corrected chi connectivity index (χ4v) is 3.09. The highest BCUT2D eigenvalue weighted by atomic mass is 16.5. The Bertz CT molecular complexity index is 644. The van der Waals surface area contributed by atoms with Crippen molar-refractivity contribution >= 4 is 0 Å². The minimum atomic E-state index is -0.401. The first-order valence-electron chi connectivity index (χ1n) is 7.14. The summed E-state index contributed by atoms with van der Waals surface area (Å²) in [4.78, 5) is 4.52. The molecule has 5 nitrogen and oxygen atoms in total. The highest BCUT2D eigenvalue weighted by Crippen LogP contribution is 2.36. The number of nitrogens with two attached hydrogens (primary N) is 1.